The number of carbonyl (C=O) groups excluding carboxylic acids is 2. The maximum atomic E-state index is 13.2. The topological polar surface area (TPSA) is 114 Å². The van der Waals surface area contributed by atoms with Gasteiger partial charge in [-0.05, 0) is 74.4 Å². The van der Waals surface area contributed by atoms with Crippen LogP contribution >= 0.6 is 0 Å². The Morgan fingerprint density at radius 1 is 0.975 bits per heavy atom. The van der Waals surface area contributed by atoms with E-state index < -0.39 is 27.8 Å². The summed E-state index contributed by atoms with van der Waals surface area (Å²) in [5.74, 6) is -0.893. The number of halogens is 1. The highest BCUT2D eigenvalue weighted by Gasteiger charge is 2.26. The lowest BCUT2D eigenvalue weighted by molar-refractivity contribution is -0.142. The second-order valence-corrected chi connectivity index (χ2v) is 10.6. The van der Waals surface area contributed by atoms with Gasteiger partial charge in [-0.1, -0.05) is 30.3 Å². The first-order valence-electron chi connectivity index (χ1n) is 12.9. The average Bonchev–Trinajstić information content (AvgIpc) is 2.96. The third-order valence-corrected chi connectivity index (χ3v) is 7.32. The first-order valence-corrected chi connectivity index (χ1v) is 14.4. The molecule has 0 saturated heterocycles. The minimum Gasteiger partial charge on any atom is -0.484 e. The van der Waals surface area contributed by atoms with Crippen LogP contribution in [0, 0.1) is 5.82 Å². The van der Waals surface area contributed by atoms with Gasteiger partial charge in [-0.15, -0.1) is 0 Å². The molecule has 0 bridgehead atoms. The number of nitrogens with zero attached hydrogens (tertiary/aromatic N) is 1. The molecule has 0 radical (unpaired) electrons. The van der Waals surface area contributed by atoms with Gasteiger partial charge < -0.3 is 19.7 Å². The van der Waals surface area contributed by atoms with Crippen LogP contribution in [0.4, 0.5) is 10.1 Å². The van der Waals surface area contributed by atoms with Crippen molar-refractivity contribution in [3.8, 4) is 5.75 Å². The van der Waals surface area contributed by atoms with Crippen LogP contribution in [0.5, 0.6) is 5.75 Å². The Kier molecular flexibility index (Phi) is 11.5. The van der Waals surface area contributed by atoms with Crippen molar-refractivity contribution in [2.45, 2.75) is 37.8 Å². The van der Waals surface area contributed by atoms with Crippen LogP contribution < -0.4 is 14.8 Å². The molecule has 0 saturated carbocycles. The molecule has 2 amide bonds. The van der Waals surface area contributed by atoms with Crippen LogP contribution in [-0.2, 0) is 30.9 Å². The van der Waals surface area contributed by atoms with Crippen molar-refractivity contribution < 1.29 is 31.9 Å². The molecule has 0 heterocycles. The van der Waals surface area contributed by atoms with E-state index in [1.807, 2.05) is 37.3 Å². The van der Waals surface area contributed by atoms with E-state index in [9.17, 15) is 22.4 Å². The highest BCUT2D eigenvalue weighted by Crippen LogP contribution is 2.20. The number of hydrogen-bond donors (Lipinski definition) is 2. The van der Waals surface area contributed by atoms with Gasteiger partial charge in [0.15, 0.2) is 6.61 Å². The molecule has 0 aliphatic carbocycles. The van der Waals surface area contributed by atoms with E-state index in [0.29, 0.717) is 26.2 Å². The van der Waals surface area contributed by atoms with Crippen molar-refractivity contribution in [3.05, 3.63) is 90.2 Å². The van der Waals surface area contributed by atoms with E-state index in [1.54, 1.807) is 6.92 Å². The number of amides is 2. The first-order chi connectivity index (χ1) is 19.2. The summed E-state index contributed by atoms with van der Waals surface area (Å²) in [7, 11) is -3.91. The Balaban J connectivity index is 1.63. The molecular formula is C29H34FN3O6S. The fourth-order valence-electron chi connectivity index (χ4n) is 3.72. The molecule has 0 aliphatic heterocycles. The largest absolute Gasteiger partial charge is 0.484 e. The van der Waals surface area contributed by atoms with Gasteiger partial charge in [0, 0.05) is 32.0 Å². The Bertz CT molecular complexity index is 1340. The average molecular weight is 572 g/mol. The van der Waals surface area contributed by atoms with Gasteiger partial charge in [0.2, 0.25) is 5.91 Å². The number of nitrogens with one attached hydrogen (secondary N) is 2. The number of hydrogen-bond acceptors (Lipinski definition) is 6. The molecule has 0 aliphatic rings. The predicted octanol–water partition coefficient (Wildman–Crippen LogP) is 3.97. The van der Waals surface area contributed by atoms with Crippen molar-refractivity contribution >= 4 is 27.5 Å². The summed E-state index contributed by atoms with van der Waals surface area (Å²) in [6.45, 7) is 4.99. The smallest absolute Gasteiger partial charge is 0.261 e. The Hall–Kier alpha value is -3.96. The monoisotopic (exact) mass is 571 g/mol. The van der Waals surface area contributed by atoms with Crippen LogP contribution in [0.3, 0.4) is 0 Å². The number of ether oxygens (including phenoxy) is 2. The summed E-state index contributed by atoms with van der Waals surface area (Å²) in [5.41, 5.74) is 1.08. The number of sulfonamides is 1. The third kappa shape index (κ3) is 9.35. The fraction of sp³-hybridized carbons (Fsp3) is 0.310. The van der Waals surface area contributed by atoms with Gasteiger partial charge in [-0.3, -0.25) is 14.3 Å². The molecule has 11 heteroatoms. The zero-order valence-corrected chi connectivity index (χ0v) is 23.3. The zero-order chi connectivity index (χ0) is 29.0. The quantitative estimate of drug-likeness (QED) is 0.267. The van der Waals surface area contributed by atoms with Crippen molar-refractivity contribution in [3.63, 3.8) is 0 Å². The summed E-state index contributed by atoms with van der Waals surface area (Å²) in [6, 6.07) is 19.0. The molecule has 3 aromatic carbocycles. The maximum absolute atomic E-state index is 13.2. The minimum atomic E-state index is -3.91. The maximum Gasteiger partial charge on any atom is 0.261 e. The van der Waals surface area contributed by atoms with Crippen LogP contribution in [0.15, 0.2) is 83.8 Å². The van der Waals surface area contributed by atoms with Gasteiger partial charge in [0.25, 0.3) is 15.9 Å². The highest BCUT2D eigenvalue weighted by molar-refractivity contribution is 7.92. The molecule has 9 nitrogen and oxygen atoms in total. The number of anilines is 1. The lowest BCUT2D eigenvalue weighted by Gasteiger charge is -2.28. The van der Waals surface area contributed by atoms with Crippen LogP contribution in [0.25, 0.3) is 0 Å². The van der Waals surface area contributed by atoms with E-state index in [-0.39, 0.29) is 35.4 Å². The van der Waals surface area contributed by atoms with Crippen LogP contribution in [-0.4, -0.2) is 57.5 Å². The van der Waals surface area contributed by atoms with Gasteiger partial charge in [-0.25, -0.2) is 12.8 Å². The SMILES string of the molecule is CCOCCCNC(=O)C(C)N(Cc1ccccc1)C(=O)COc1ccc(S(=O)(=O)Nc2ccc(F)cc2)cc1. The number of carbonyl (C=O) groups is 2. The van der Waals surface area contributed by atoms with Crippen LogP contribution in [0.2, 0.25) is 0 Å². The van der Waals surface area contributed by atoms with E-state index in [4.69, 9.17) is 9.47 Å². The predicted molar refractivity (Wildman–Crippen MR) is 150 cm³/mol. The molecular weight excluding hydrogens is 537 g/mol. The lowest BCUT2D eigenvalue weighted by Crippen LogP contribution is -2.49. The van der Waals surface area contributed by atoms with Crippen LogP contribution in [0.1, 0.15) is 25.8 Å². The molecule has 0 fully saturated rings. The second kappa shape index (κ2) is 15.0. The van der Waals surface area contributed by atoms with E-state index >= 15 is 0 Å². The summed E-state index contributed by atoms with van der Waals surface area (Å²) < 4.78 is 51.7. The van der Waals surface area contributed by atoms with Gasteiger partial charge in [0.05, 0.1) is 4.90 Å². The molecule has 0 spiro atoms. The van der Waals surface area contributed by atoms with Crippen molar-refractivity contribution in [1.29, 1.82) is 0 Å². The number of rotatable bonds is 15. The Morgan fingerprint density at radius 3 is 2.30 bits per heavy atom. The molecule has 3 rings (SSSR count). The highest BCUT2D eigenvalue weighted by atomic mass is 32.2. The summed E-state index contributed by atoms with van der Waals surface area (Å²) >= 11 is 0. The second-order valence-electron chi connectivity index (χ2n) is 8.90. The summed E-state index contributed by atoms with van der Waals surface area (Å²) in [6.07, 6.45) is 0.660. The van der Waals surface area contributed by atoms with Crippen molar-refractivity contribution in [2.75, 3.05) is 31.1 Å². The molecule has 1 unspecified atom stereocenters. The normalized spacial score (nSPS) is 11.9. The van der Waals surface area contributed by atoms with E-state index in [0.717, 1.165) is 17.7 Å². The standard InChI is InChI=1S/C29H34FN3O6S/c1-3-38-19-7-18-31-29(35)22(2)33(20-23-8-5-4-6-9-23)28(34)21-39-26-14-16-27(17-15-26)40(36,37)32-25-12-10-24(30)11-13-25/h4-6,8-17,22,32H,3,7,18-21H2,1-2H3,(H,31,35). The molecule has 0 aromatic heterocycles. The number of benzene rings is 3. The lowest BCUT2D eigenvalue weighted by atomic mass is 10.1. The zero-order valence-electron chi connectivity index (χ0n) is 22.5. The van der Waals surface area contributed by atoms with Crippen molar-refractivity contribution in [1.82, 2.24) is 10.2 Å². The third-order valence-electron chi connectivity index (χ3n) is 5.92. The van der Waals surface area contributed by atoms with Crippen molar-refractivity contribution in [2.24, 2.45) is 0 Å². The summed E-state index contributed by atoms with van der Waals surface area (Å²) in [5, 5.41) is 2.84. The molecule has 40 heavy (non-hydrogen) atoms. The molecule has 214 valence electrons. The Morgan fingerprint density at radius 2 is 1.65 bits per heavy atom. The van der Waals surface area contributed by atoms with Gasteiger partial charge in [-0.2, -0.15) is 0 Å². The van der Waals surface area contributed by atoms with Gasteiger partial charge >= 0.3 is 0 Å². The first kappa shape index (κ1) is 30.6. The molecule has 1 atom stereocenters. The molecule has 3 aromatic rings. The fourth-order valence-corrected chi connectivity index (χ4v) is 4.77. The van der Waals surface area contributed by atoms with E-state index in [1.165, 1.54) is 41.3 Å². The summed E-state index contributed by atoms with van der Waals surface area (Å²) in [4.78, 5) is 27.4. The minimum absolute atomic E-state index is 0.0316. The van der Waals surface area contributed by atoms with Gasteiger partial charge in [0.1, 0.15) is 17.6 Å². The Labute approximate surface area is 234 Å². The molecule has 2 N–H and O–H groups in total. The van der Waals surface area contributed by atoms with E-state index in [2.05, 4.69) is 10.0 Å².